The molecule has 0 aromatic heterocycles. The molecular weight excluding hydrogens is 162 g/mol. The first kappa shape index (κ1) is 8.28. The summed E-state index contributed by atoms with van der Waals surface area (Å²) >= 11 is 0. The smallest absolute Gasteiger partial charge is 0.0991 e. The van der Waals surface area contributed by atoms with Gasteiger partial charge in [0.25, 0.3) is 0 Å². The lowest BCUT2D eigenvalue weighted by Crippen LogP contribution is -2.08. The molecule has 0 spiro atoms. The van der Waals surface area contributed by atoms with Crippen LogP contribution in [0.4, 0.5) is 0 Å². The predicted octanol–water partition coefficient (Wildman–Crippen LogP) is 1.93. The van der Waals surface area contributed by atoms with Crippen molar-refractivity contribution in [2.75, 3.05) is 0 Å². The van der Waals surface area contributed by atoms with E-state index in [4.69, 9.17) is 5.26 Å². The first-order chi connectivity index (χ1) is 6.31. The maximum atomic E-state index is 9.64. The summed E-state index contributed by atoms with van der Waals surface area (Å²) < 4.78 is 0. The lowest BCUT2D eigenvalue weighted by molar-refractivity contribution is 0.156. The summed E-state index contributed by atoms with van der Waals surface area (Å²) in [5.74, 6) is 0. The van der Waals surface area contributed by atoms with Crippen molar-refractivity contribution in [2.45, 2.75) is 25.4 Å². The summed E-state index contributed by atoms with van der Waals surface area (Å²) in [5.41, 5.74) is 2.83. The van der Waals surface area contributed by atoms with Gasteiger partial charge in [0, 0.05) is 0 Å². The molecule has 1 aromatic carbocycles. The van der Waals surface area contributed by atoms with Crippen molar-refractivity contribution in [3.05, 3.63) is 34.9 Å². The number of aliphatic hydroxyl groups is 1. The monoisotopic (exact) mass is 173 g/mol. The number of hydrogen-bond donors (Lipinski definition) is 1. The highest BCUT2D eigenvalue weighted by atomic mass is 16.3. The molecule has 0 radical (unpaired) electrons. The maximum Gasteiger partial charge on any atom is 0.0991 e. The summed E-state index contributed by atoms with van der Waals surface area (Å²) in [7, 11) is 0. The van der Waals surface area contributed by atoms with Crippen LogP contribution in [0.3, 0.4) is 0 Å². The average molecular weight is 173 g/mol. The molecule has 1 N–H and O–H groups in total. The Morgan fingerprint density at radius 3 is 3.08 bits per heavy atom. The number of nitrogens with zero attached hydrogens (tertiary/aromatic N) is 1. The highest BCUT2D eigenvalue weighted by Gasteiger charge is 2.17. The molecule has 0 saturated carbocycles. The van der Waals surface area contributed by atoms with Gasteiger partial charge in [-0.15, -0.1) is 0 Å². The summed E-state index contributed by atoms with van der Waals surface area (Å²) in [4.78, 5) is 0. The minimum absolute atomic E-state index is 0.323. The van der Waals surface area contributed by atoms with E-state index < -0.39 is 0 Å². The van der Waals surface area contributed by atoms with Gasteiger partial charge in [-0.25, -0.2) is 0 Å². The van der Waals surface area contributed by atoms with Crippen molar-refractivity contribution in [1.29, 1.82) is 5.26 Å². The second kappa shape index (κ2) is 3.20. The van der Waals surface area contributed by atoms with Crippen molar-refractivity contribution >= 4 is 0 Å². The highest BCUT2D eigenvalue weighted by molar-refractivity contribution is 5.40. The van der Waals surface area contributed by atoms with Gasteiger partial charge in [-0.2, -0.15) is 5.26 Å². The number of aryl methyl sites for hydroxylation is 1. The van der Waals surface area contributed by atoms with Crippen LogP contribution >= 0.6 is 0 Å². The molecular formula is C11H11NO. The third kappa shape index (κ3) is 1.43. The zero-order valence-electron chi connectivity index (χ0n) is 7.33. The summed E-state index contributed by atoms with van der Waals surface area (Å²) in [5, 5.41) is 18.3. The van der Waals surface area contributed by atoms with Gasteiger partial charge >= 0.3 is 0 Å². The van der Waals surface area contributed by atoms with Gasteiger partial charge in [0.2, 0.25) is 0 Å². The van der Waals surface area contributed by atoms with Gasteiger partial charge in [0.1, 0.15) is 0 Å². The Kier molecular flexibility index (Phi) is 2.03. The Balaban J connectivity index is 2.47. The number of nitriles is 1. The van der Waals surface area contributed by atoms with Crippen LogP contribution in [0.2, 0.25) is 0 Å². The second-order valence-corrected chi connectivity index (χ2v) is 3.43. The van der Waals surface area contributed by atoms with Crippen LogP contribution in [0.1, 0.15) is 35.6 Å². The molecule has 0 unspecified atom stereocenters. The molecule has 0 fully saturated rings. The summed E-state index contributed by atoms with van der Waals surface area (Å²) in [6.45, 7) is 0. The number of aliphatic hydroxyl groups excluding tert-OH is 1. The Labute approximate surface area is 77.4 Å². The summed E-state index contributed by atoms with van der Waals surface area (Å²) in [6.07, 6.45) is 2.53. The van der Waals surface area contributed by atoms with E-state index in [1.807, 2.05) is 12.1 Å². The average Bonchev–Trinajstić information content (AvgIpc) is 2.18. The van der Waals surface area contributed by atoms with Crippen LogP contribution in [0, 0.1) is 11.3 Å². The minimum Gasteiger partial charge on any atom is -0.388 e. The predicted molar refractivity (Wildman–Crippen MR) is 49.1 cm³/mol. The molecule has 2 rings (SSSR count). The van der Waals surface area contributed by atoms with Crippen LogP contribution in [-0.2, 0) is 6.42 Å². The first-order valence-electron chi connectivity index (χ1n) is 4.52. The number of hydrogen-bond acceptors (Lipinski definition) is 2. The molecule has 1 atom stereocenters. The third-order valence-corrected chi connectivity index (χ3v) is 2.55. The number of rotatable bonds is 0. The van der Waals surface area contributed by atoms with Gasteiger partial charge in [-0.1, -0.05) is 6.07 Å². The zero-order chi connectivity index (χ0) is 9.26. The Bertz CT molecular complexity index is 365. The minimum atomic E-state index is -0.323. The highest BCUT2D eigenvalue weighted by Crippen LogP contribution is 2.29. The Hall–Kier alpha value is -1.33. The normalized spacial score (nSPS) is 20.5. The van der Waals surface area contributed by atoms with Crippen LogP contribution in [-0.4, -0.2) is 5.11 Å². The molecule has 0 amide bonds. The van der Waals surface area contributed by atoms with E-state index in [9.17, 15) is 5.11 Å². The third-order valence-electron chi connectivity index (χ3n) is 2.55. The van der Waals surface area contributed by atoms with E-state index in [-0.39, 0.29) is 6.10 Å². The van der Waals surface area contributed by atoms with Gasteiger partial charge in [0.15, 0.2) is 0 Å². The molecule has 2 heteroatoms. The van der Waals surface area contributed by atoms with Gasteiger partial charge in [-0.05, 0) is 42.5 Å². The fourth-order valence-electron chi connectivity index (χ4n) is 1.86. The molecule has 1 aliphatic carbocycles. The molecule has 2 nitrogen and oxygen atoms in total. The first-order valence-corrected chi connectivity index (χ1v) is 4.52. The van der Waals surface area contributed by atoms with Crippen LogP contribution in [0.15, 0.2) is 18.2 Å². The standard InChI is InChI=1S/C11H11NO/c12-7-8-4-5-10-9(6-8)2-1-3-11(10)13/h4-6,11,13H,1-3H2/t11-/m0/s1. The van der Waals surface area contributed by atoms with E-state index >= 15 is 0 Å². The fraction of sp³-hybridized carbons (Fsp3) is 0.364. The van der Waals surface area contributed by atoms with E-state index in [2.05, 4.69) is 6.07 Å². The molecule has 0 bridgehead atoms. The van der Waals surface area contributed by atoms with Gasteiger partial charge in [-0.3, -0.25) is 0 Å². The SMILES string of the molecule is N#Cc1ccc2c(c1)CCC[C@@H]2O. The topological polar surface area (TPSA) is 44.0 Å². The van der Waals surface area contributed by atoms with E-state index in [1.54, 1.807) is 6.07 Å². The van der Waals surface area contributed by atoms with E-state index in [0.29, 0.717) is 5.56 Å². The lowest BCUT2D eigenvalue weighted by atomic mass is 9.88. The van der Waals surface area contributed by atoms with E-state index in [1.165, 1.54) is 0 Å². The van der Waals surface area contributed by atoms with Crippen molar-refractivity contribution < 1.29 is 5.11 Å². The Morgan fingerprint density at radius 2 is 2.31 bits per heavy atom. The molecule has 13 heavy (non-hydrogen) atoms. The summed E-state index contributed by atoms with van der Waals surface area (Å²) in [6, 6.07) is 7.64. The molecule has 1 aliphatic rings. The quantitative estimate of drug-likeness (QED) is 0.651. The fourth-order valence-corrected chi connectivity index (χ4v) is 1.86. The van der Waals surface area contributed by atoms with Crippen molar-refractivity contribution in [2.24, 2.45) is 0 Å². The van der Waals surface area contributed by atoms with Crippen LogP contribution in [0.25, 0.3) is 0 Å². The van der Waals surface area contributed by atoms with Gasteiger partial charge in [0.05, 0.1) is 17.7 Å². The second-order valence-electron chi connectivity index (χ2n) is 3.43. The van der Waals surface area contributed by atoms with Crippen molar-refractivity contribution in [3.8, 4) is 6.07 Å². The largest absolute Gasteiger partial charge is 0.388 e. The van der Waals surface area contributed by atoms with E-state index in [0.717, 1.165) is 30.4 Å². The Morgan fingerprint density at radius 1 is 1.46 bits per heavy atom. The van der Waals surface area contributed by atoms with Crippen LogP contribution in [0.5, 0.6) is 0 Å². The van der Waals surface area contributed by atoms with Crippen molar-refractivity contribution in [1.82, 2.24) is 0 Å². The maximum absolute atomic E-state index is 9.64. The molecule has 0 heterocycles. The van der Waals surface area contributed by atoms with Crippen LogP contribution < -0.4 is 0 Å². The zero-order valence-corrected chi connectivity index (χ0v) is 7.33. The molecule has 0 aliphatic heterocycles. The lowest BCUT2D eigenvalue weighted by Gasteiger charge is -2.20. The number of benzene rings is 1. The van der Waals surface area contributed by atoms with Gasteiger partial charge < -0.3 is 5.11 Å². The molecule has 1 aromatic rings. The number of fused-ring (bicyclic) bond motifs is 1. The molecule has 0 saturated heterocycles. The van der Waals surface area contributed by atoms with Crippen molar-refractivity contribution in [3.63, 3.8) is 0 Å². The molecule has 66 valence electrons.